The first-order chi connectivity index (χ1) is 9.73. The summed E-state index contributed by atoms with van der Waals surface area (Å²) in [5, 5.41) is 5.19. The van der Waals surface area contributed by atoms with Crippen molar-refractivity contribution >= 4 is 18.0 Å². The summed E-state index contributed by atoms with van der Waals surface area (Å²) in [7, 11) is 0. The molecule has 0 aromatic carbocycles. The molecule has 0 aromatic heterocycles. The van der Waals surface area contributed by atoms with Crippen molar-refractivity contribution in [3.05, 3.63) is 0 Å². The lowest BCUT2D eigenvalue weighted by Crippen LogP contribution is -2.45. The summed E-state index contributed by atoms with van der Waals surface area (Å²) in [6.45, 7) is 7.68. The van der Waals surface area contributed by atoms with Crippen molar-refractivity contribution in [1.82, 2.24) is 10.6 Å². The molecule has 1 rings (SSSR count). The Balaban J connectivity index is 2.66. The number of rotatable bonds is 5. The molecule has 120 valence electrons. The minimum atomic E-state index is -0.881. The number of carbonyl (C=O) groups excluding carboxylic acids is 3. The van der Waals surface area contributed by atoms with E-state index < -0.39 is 23.7 Å². The number of nitrogens with one attached hydrogen (secondary N) is 2. The normalized spacial score (nSPS) is 19.6. The van der Waals surface area contributed by atoms with Crippen LogP contribution in [0.4, 0.5) is 4.79 Å². The maximum atomic E-state index is 11.9. The second-order valence-electron chi connectivity index (χ2n) is 5.96. The van der Waals surface area contributed by atoms with Gasteiger partial charge < -0.3 is 20.1 Å². The van der Waals surface area contributed by atoms with Crippen molar-refractivity contribution in [3.8, 4) is 0 Å². The first-order valence-electron chi connectivity index (χ1n) is 7.16. The van der Waals surface area contributed by atoms with E-state index in [0.717, 1.165) is 0 Å². The van der Waals surface area contributed by atoms with Crippen LogP contribution in [0, 0.1) is 5.92 Å². The predicted octanol–water partition coefficient (Wildman–Crippen LogP) is 0.969. The van der Waals surface area contributed by atoms with Crippen LogP contribution in [0.5, 0.6) is 0 Å². The van der Waals surface area contributed by atoms with Gasteiger partial charge in [-0.2, -0.15) is 0 Å². The van der Waals surface area contributed by atoms with E-state index in [0.29, 0.717) is 13.0 Å². The molecule has 0 saturated carbocycles. The smallest absolute Gasteiger partial charge is 0.408 e. The highest BCUT2D eigenvalue weighted by Crippen LogP contribution is 2.17. The monoisotopic (exact) mass is 300 g/mol. The minimum absolute atomic E-state index is 0.102. The van der Waals surface area contributed by atoms with Crippen LogP contribution < -0.4 is 10.6 Å². The molecular weight excluding hydrogens is 276 g/mol. The van der Waals surface area contributed by atoms with Crippen LogP contribution in [0.15, 0.2) is 0 Å². The Bertz CT molecular complexity index is 403. The summed E-state index contributed by atoms with van der Waals surface area (Å²) in [4.78, 5) is 35.3. The number of carbonyl (C=O) groups is 3. The molecule has 1 aliphatic rings. The average molecular weight is 300 g/mol. The van der Waals surface area contributed by atoms with Crippen molar-refractivity contribution < 1.29 is 23.9 Å². The van der Waals surface area contributed by atoms with E-state index in [2.05, 4.69) is 10.6 Å². The molecule has 0 radical (unpaired) electrons. The maximum absolute atomic E-state index is 11.9. The van der Waals surface area contributed by atoms with E-state index in [1.54, 1.807) is 27.7 Å². The van der Waals surface area contributed by atoms with Gasteiger partial charge in [-0.05, 0) is 40.5 Å². The van der Waals surface area contributed by atoms with Crippen molar-refractivity contribution in [2.24, 2.45) is 5.92 Å². The Morgan fingerprint density at radius 2 is 2.10 bits per heavy atom. The fourth-order valence-corrected chi connectivity index (χ4v) is 2.06. The van der Waals surface area contributed by atoms with Gasteiger partial charge in [-0.3, -0.25) is 4.79 Å². The molecule has 0 bridgehead atoms. The van der Waals surface area contributed by atoms with Crippen molar-refractivity contribution in [1.29, 1.82) is 0 Å². The lowest BCUT2D eigenvalue weighted by atomic mass is 9.98. The van der Waals surface area contributed by atoms with Gasteiger partial charge >= 0.3 is 12.1 Å². The molecule has 7 heteroatoms. The van der Waals surface area contributed by atoms with Gasteiger partial charge in [0.15, 0.2) is 0 Å². The highest BCUT2D eigenvalue weighted by Gasteiger charge is 2.33. The van der Waals surface area contributed by atoms with E-state index in [-0.39, 0.29) is 24.9 Å². The van der Waals surface area contributed by atoms with Crippen LogP contribution in [0.3, 0.4) is 0 Å². The van der Waals surface area contributed by atoms with Crippen LogP contribution >= 0.6 is 0 Å². The zero-order chi connectivity index (χ0) is 16.0. The highest BCUT2D eigenvalue weighted by molar-refractivity contribution is 5.84. The topological polar surface area (TPSA) is 93.7 Å². The van der Waals surface area contributed by atoms with Crippen LogP contribution in [-0.2, 0) is 19.1 Å². The summed E-state index contributed by atoms with van der Waals surface area (Å²) in [5.74, 6) is -0.951. The van der Waals surface area contributed by atoms with E-state index in [1.165, 1.54) is 0 Å². The standard InChI is InChI=1S/C14H24N2O5/c1-5-20-12(18)10(8-9-6-7-15-11(9)17)16-13(19)21-14(2,3)4/h9-10H,5-8H2,1-4H3,(H,15,17)(H,16,19)/t9-,10-/m0/s1. The lowest BCUT2D eigenvalue weighted by Gasteiger charge is -2.23. The molecule has 1 heterocycles. The van der Waals surface area contributed by atoms with Gasteiger partial charge in [-0.1, -0.05) is 0 Å². The molecule has 21 heavy (non-hydrogen) atoms. The second-order valence-corrected chi connectivity index (χ2v) is 5.96. The van der Waals surface area contributed by atoms with E-state index in [4.69, 9.17) is 9.47 Å². The fraction of sp³-hybridized carbons (Fsp3) is 0.786. The maximum Gasteiger partial charge on any atom is 0.408 e. The molecule has 0 aliphatic carbocycles. The molecule has 2 atom stereocenters. The number of hydrogen-bond donors (Lipinski definition) is 2. The molecular formula is C14H24N2O5. The summed E-state index contributed by atoms with van der Waals surface area (Å²) in [6.07, 6.45) is 0.160. The zero-order valence-corrected chi connectivity index (χ0v) is 13.0. The molecule has 2 amide bonds. The van der Waals surface area contributed by atoms with E-state index in [1.807, 2.05) is 0 Å². The molecule has 1 saturated heterocycles. The second kappa shape index (κ2) is 7.28. The van der Waals surface area contributed by atoms with Gasteiger partial charge in [0.05, 0.1) is 6.61 Å². The van der Waals surface area contributed by atoms with E-state index >= 15 is 0 Å². The first-order valence-corrected chi connectivity index (χ1v) is 7.16. The molecule has 0 aromatic rings. The van der Waals surface area contributed by atoms with Gasteiger partial charge in [0, 0.05) is 12.5 Å². The number of amides is 2. The van der Waals surface area contributed by atoms with Gasteiger partial charge in [-0.25, -0.2) is 9.59 Å². The predicted molar refractivity (Wildman–Crippen MR) is 75.5 cm³/mol. The number of esters is 1. The van der Waals surface area contributed by atoms with Crippen LogP contribution in [0.25, 0.3) is 0 Å². The Labute approximate surface area is 124 Å². The Morgan fingerprint density at radius 3 is 2.57 bits per heavy atom. The number of alkyl carbamates (subject to hydrolysis) is 1. The van der Waals surface area contributed by atoms with Crippen LogP contribution in [0.2, 0.25) is 0 Å². The molecule has 1 fully saturated rings. The lowest BCUT2D eigenvalue weighted by molar-refractivity contribution is -0.146. The van der Waals surface area contributed by atoms with Gasteiger partial charge in [0.1, 0.15) is 11.6 Å². The third kappa shape index (κ3) is 6.01. The van der Waals surface area contributed by atoms with Gasteiger partial charge in [-0.15, -0.1) is 0 Å². The minimum Gasteiger partial charge on any atom is -0.464 e. The summed E-state index contributed by atoms with van der Waals surface area (Å²) in [5.41, 5.74) is -0.659. The third-order valence-corrected chi connectivity index (χ3v) is 2.95. The van der Waals surface area contributed by atoms with Crippen LogP contribution in [-0.4, -0.2) is 42.8 Å². The van der Waals surface area contributed by atoms with Crippen molar-refractivity contribution in [2.45, 2.75) is 52.2 Å². The number of ether oxygens (including phenoxy) is 2. The third-order valence-electron chi connectivity index (χ3n) is 2.95. The quantitative estimate of drug-likeness (QED) is 0.738. The first kappa shape index (κ1) is 17.3. The van der Waals surface area contributed by atoms with Crippen molar-refractivity contribution in [2.75, 3.05) is 13.2 Å². The molecule has 1 aliphatic heterocycles. The van der Waals surface area contributed by atoms with Gasteiger partial charge in [0.25, 0.3) is 0 Å². The summed E-state index contributed by atoms with van der Waals surface area (Å²) in [6, 6.07) is -0.881. The molecule has 2 N–H and O–H groups in total. The fourth-order valence-electron chi connectivity index (χ4n) is 2.06. The Kier molecular flexibility index (Phi) is 5.99. The largest absolute Gasteiger partial charge is 0.464 e. The van der Waals surface area contributed by atoms with Crippen molar-refractivity contribution in [3.63, 3.8) is 0 Å². The Morgan fingerprint density at radius 1 is 1.43 bits per heavy atom. The SMILES string of the molecule is CCOC(=O)[C@H](C[C@@H]1CCNC1=O)NC(=O)OC(C)(C)C. The van der Waals surface area contributed by atoms with E-state index in [9.17, 15) is 14.4 Å². The Hall–Kier alpha value is -1.79. The average Bonchev–Trinajstić information content (AvgIpc) is 2.72. The molecule has 0 spiro atoms. The molecule has 0 unspecified atom stereocenters. The molecule has 7 nitrogen and oxygen atoms in total. The van der Waals surface area contributed by atoms with Crippen LogP contribution in [0.1, 0.15) is 40.5 Å². The van der Waals surface area contributed by atoms with Gasteiger partial charge in [0.2, 0.25) is 5.91 Å². The zero-order valence-electron chi connectivity index (χ0n) is 13.0. The summed E-state index contributed by atoms with van der Waals surface area (Å²) >= 11 is 0. The highest BCUT2D eigenvalue weighted by atomic mass is 16.6. The number of hydrogen-bond acceptors (Lipinski definition) is 5. The summed E-state index contributed by atoms with van der Waals surface area (Å²) < 4.78 is 10.1.